The minimum Gasteiger partial charge on any atom is -0.332 e. The number of thiocarbonyl (C=S) groups is 1. The van der Waals surface area contributed by atoms with E-state index in [0.29, 0.717) is 16.8 Å². The first-order chi connectivity index (χ1) is 10.9. The van der Waals surface area contributed by atoms with Crippen LogP contribution in [0.5, 0.6) is 0 Å². The summed E-state index contributed by atoms with van der Waals surface area (Å²) in [6.45, 7) is 1.65. The zero-order valence-electron chi connectivity index (χ0n) is 12.0. The zero-order valence-corrected chi connectivity index (χ0v) is 14.4. The first-order valence-corrected chi connectivity index (χ1v) is 7.70. The molecule has 0 fully saturated rings. The second-order valence-corrected chi connectivity index (χ2v) is 6.00. The molecular weight excluding hydrogens is 382 g/mol. The fourth-order valence-corrected chi connectivity index (χ4v) is 2.46. The van der Waals surface area contributed by atoms with Crippen molar-refractivity contribution in [3.8, 4) is 0 Å². The number of rotatable bonds is 3. The molecule has 0 heterocycles. The van der Waals surface area contributed by atoms with Gasteiger partial charge in [-0.2, -0.15) is 0 Å². The fraction of sp³-hybridized carbons (Fsp3) is 0.0667. The number of hydrogen-bond donors (Lipinski definition) is 2. The maximum absolute atomic E-state index is 12.1. The number of carbonyl (C=O) groups is 1. The molecule has 1 amide bonds. The van der Waals surface area contributed by atoms with Gasteiger partial charge in [0.15, 0.2) is 5.11 Å². The van der Waals surface area contributed by atoms with E-state index in [1.165, 1.54) is 6.07 Å². The van der Waals surface area contributed by atoms with E-state index in [9.17, 15) is 14.9 Å². The summed E-state index contributed by atoms with van der Waals surface area (Å²) in [7, 11) is 0. The molecule has 0 radical (unpaired) electrons. The van der Waals surface area contributed by atoms with Crippen LogP contribution in [0.4, 0.5) is 11.4 Å². The van der Waals surface area contributed by atoms with Crippen molar-refractivity contribution in [2.45, 2.75) is 6.92 Å². The number of aryl methyl sites for hydroxylation is 1. The second-order valence-electron chi connectivity index (χ2n) is 4.68. The third kappa shape index (κ3) is 4.57. The molecule has 0 aliphatic heterocycles. The molecule has 2 aromatic rings. The molecule has 0 spiro atoms. The van der Waals surface area contributed by atoms with Gasteiger partial charge in [0.05, 0.1) is 4.92 Å². The summed E-state index contributed by atoms with van der Waals surface area (Å²) < 4.78 is 0.776. The quantitative estimate of drug-likeness (QED) is 0.470. The number of nitrogens with one attached hydrogen (secondary N) is 2. The van der Waals surface area contributed by atoms with E-state index in [2.05, 4.69) is 26.6 Å². The highest BCUT2D eigenvalue weighted by Crippen LogP contribution is 2.22. The van der Waals surface area contributed by atoms with E-state index in [0.717, 1.165) is 4.47 Å². The highest BCUT2D eigenvalue weighted by atomic mass is 79.9. The fourth-order valence-electron chi connectivity index (χ4n) is 1.85. The van der Waals surface area contributed by atoms with Crippen molar-refractivity contribution < 1.29 is 9.72 Å². The molecule has 2 rings (SSSR count). The third-order valence-electron chi connectivity index (χ3n) is 2.98. The number of hydrogen-bond acceptors (Lipinski definition) is 4. The molecular formula is C15H12BrN3O3S. The van der Waals surface area contributed by atoms with Crippen molar-refractivity contribution in [2.24, 2.45) is 0 Å². The normalized spacial score (nSPS) is 10.0. The van der Waals surface area contributed by atoms with Crippen LogP contribution in [-0.4, -0.2) is 15.9 Å². The summed E-state index contributed by atoms with van der Waals surface area (Å²) in [5, 5.41) is 16.3. The summed E-state index contributed by atoms with van der Waals surface area (Å²) in [5.74, 6) is -0.370. The molecule has 0 aliphatic rings. The van der Waals surface area contributed by atoms with Gasteiger partial charge in [-0.1, -0.05) is 28.1 Å². The molecule has 0 saturated heterocycles. The van der Waals surface area contributed by atoms with Gasteiger partial charge in [0.1, 0.15) is 0 Å². The van der Waals surface area contributed by atoms with E-state index >= 15 is 0 Å². The number of benzene rings is 2. The van der Waals surface area contributed by atoms with Gasteiger partial charge in [0.2, 0.25) is 0 Å². The molecule has 2 N–H and O–H groups in total. The summed E-state index contributed by atoms with van der Waals surface area (Å²) >= 11 is 8.35. The van der Waals surface area contributed by atoms with Crippen LogP contribution in [-0.2, 0) is 0 Å². The zero-order chi connectivity index (χ0) is 17.0. The summed E-state index contributed by atoms with van der Waals surface area (Å²) in [4.78, 5) is 22.5. The number of nitro groups is 1. The van der Waals surface area contributed by atoms with Crippen LogP contribution in [0.3, 0.4) is 0 Å². The predicted molar refractivity (Wildman–Crippen MR) is 95.7 cm³/mol. The van der Waals surface area contributed by atoms with Crippen molar-refractivity contribution in [1.82, 2.24) is 5.32 Å². The molecule has 0 aromatic heterocycles. The SMILES string of the molecule is Cc1ccc(NC(=S)NC(=O)c2cccc(Br)c2)cc1[N+](=O)[O-]. The highest BCUT2D eigenvalue weighted by molar-refractivity contribution is 9.10. The Labute approximate surface area is 146 Å². The monoisotopic (exact) mass is 393 g/mol. The largest absolute Gasteiger partial charge is 0.332 e. The van der Waals surface area contributed by atoms with Crippen LogP contribution in [0.1, 0.15) is 15.9 Å². The molecule has 0 saturated carbocycles. The Morgan fingerprint density at radius 2 is 2.00 bits per heavy atom. The van der Waals surface area contributed by atoms with E-state index in [-0.39, 0.29) is 16.7 Å². The standard InChI is InChI=1S/C15H12BrN3O3S/c1-9-5-6-12(8-13(9)19(21)22)17-15(23)18-14(20)10-3-2-4-11(16)7-10/h2-8H,1H3,(H2,17,18,20,23). The molecule has 0 atom stereocenters. The minimum atomic E-state index is -0.469. The molecule has 0 unspecified atom stereocenters. The van der Waals surface area contributed by atoms with E-state index in [1.807, 2.05) is 0 Å². The smallest absolute Gasteiger partial charge is 0.274 e. The summed E-state index contributed by atoms with van der Waals surface area (Å²) in [6.07, 6.45) is 0. The lowest BCUT2D eigenvalue weighted by molar-refractivity contribution is -0.385. The van der Waals surface area contributed by atoms with Crippen molar-refractivity contribution in [2.75, 3.05) is 5.32 Å². The topological polar surface area (TPSA) is 84.3 Å². The van der Waals surface area contributed by atoms with Crippen molar-refractivity contribution >= 4 is 50.5 Å². The maximum atomic E-state index is 12.1. The average Bonchev–Trinajstić information content (AvgIpc) is 2.48. The lowest BCUT2D eigenvalue weighted by Crippen LogP contribution is -2.34. The van der Waals surface area contributed by atoms with Crippen molar-refractivity contribution in [3.05, 3.63) is 68.2 Å². The maximum Gasteiger partial charge on any atom is 0.274 e. The predicted octanol–water partition coefficient (Wildman–Crippen LogP) is 3.79. The highest BCUT2D eigenvalue weighted by Gasteiger charge is 2.13. The molecule has 118 valence electrons. The third-order valence-corrected chi connectivity index (χ3v) is 3.67. The van der Waals surface area contributed by atoms with Crippen LogP contribution in [0.15, 0.2) is 46.9 Å². The van der Waals surface area contributed by atoms with Crippen LogP contribution in [0, 0.1) is 17.0 Å². The summed E-state index contributed by atoms with van der Waals surface area (Å²) in [5.41, 5.74) is 1.40. The number of halogens is 1. The second kappa shape index (κ2) is 7.30. The number of amides is 1. The molecule has 2 aromatic carbocycles. The Hall–Kier alpha value is -2.32. The van der Waals surface area contributed by atoms with Gasteiger partial charge >= 0.3 is 0 Å². The Morgan fingerprint density at radius 1 is 1.26 bits per heavy atom. The molecule has 23 heavy (non-hydrogen) atoms. The Balaban J connectivity index is 2.06. The Morgan fingerprint density at radius 3 is 2.65 bits per heavy atom. The number of carbonyl (C=O) groups excluding carboxylic acids is 1. The number of anilines is 1. The molecule has 8 heteroatoms. The molecule has 0 bridgehead atoms. The summed E-state index contributed by atoms with van der Waals surface area (Å²) in [6, 6.07) is 11.5. The first kappa shape index (κ1) is 17.0. The van der Waals surface area contributed by atoms with E-state index in [4.69, 9.17) is 12.2 Å². The van der Waals surface area contributed by atoms with Crippen LogP contribution >= 0.6 is 28.1 Å². The van der Waals surface area contributed by atoms with Gasteiger partial charge in [-0.15, -0.1) is 0 Å². The van der Waals surface area contributed by atoms with Gasteiger partial charge in [-0.25, -0.2) is 0 Å². The lowest BCUT2D eigenvalue weighted by Gasteiger charge is -2.10. The number of nitro benzene ring substituents is 1. The van der Waals surface area contributed by atoms with Crippen molar-refractivity contribution in [3.63, 3.8) is 0 Å². The van der Waals surface area contributed by atoms with Gasteiger partial charge in [0.25, 0.3) is 11.6 Å². The van der Waals surface area contributed by atoms with Crippen LogP contribution in [0.25, 0.3) is 0 Å². The van der Waals surface area contributed by atoms with Gasteiger partial charge < -0.3 is 5.32 Å². The van der Waals surface area contributed by atoms with E-state index in [1.54, 1.807) is 43.3 Å². The Bertz CT molecular complexity index is 795. The Kier molecular flexibility index (Phi) is 5.41. The number of nitrogens with zero attached hydrogens (tertiary/aromatic N) is 1. The lowest BCUT2D eigenvalue weighted by atomic mass is 10.2. The first-order valence-electron chi connectivity index (χ1n) is 6.50. The van der Waals surface area contributed by atoms with Gasteiger partial charge in [0, 0.05) is 27.4 Å². The van der Waals surface area contributed by atoms with E-state index < -0.39 is 4.92 Å². The van der Waals surface area contributed by atoms with Crippen LogP contribution < -0.4 is 10.6 Å². The van der Waals surface area contributed by atoms with Gasteiger partial charge in [-0.3, -0.25) is 20.2 Å². The minimum absolute atomic E-state index is 0.0175. The van der Waals surface area contributed by atoms with Crippen molar-refractivity contribution in [1.29, 1.82) is 0 Å². The van der Waals surface area contributed by atoms with Gasteiger partial charge in [-0.05, 0) is 43.4 Å². The molecule has 0 aliphatic carbocycles. The van der Waals surface area contributed by atoms with Crippen LogP contribution in [0.2, 0.25) is 0 Å². The average molecular weight is 394 g/mol. The molecule has 6 nitrogen and oxygen atoms in total.